The molecule has 0 radical (unpaired) electrons. The molecule has 2 aromatic rings. The normalized spacial score (nSPS) is 11.0. The third-order valence-electron chi connectivity index (χ3n) is 3.45. The van der Waals surface area contributed by atoms with Crippen molar-refractivity contribution < 1.29 is 14.3 Å². The van der Waals surface area contributed by atoms with Crippen molar-refractivity contribution in [2.24, 2.45) is 5.10 Å². The van der Waals surface area contributed by atoms with E-state index in [1.54, 1.807) is 57.5 Å². The molecular formula is C18H20ClN3O3. The van der Waals surface area contributed by atoms with Crippen LogP contribution in [0.5, 0.6) is 11.5 Å². The van der Waals surface area contributed by atoms with E-state index in [0.29, 0.717) is 22.2 Å². The van der Waals surface area contributed by atoms with E-state index < -0.39 is 0 Å². The van der Waals surface area contributed by atoms with E-state index in [1.807, 2.05) is 6.07 Å². The van der Waals surface area contributed by atoms with Gasteiger partial charge in [0.2, 0.25) is 0 Å². The predicted molar refractivity (Wildman–Crippen MR) is 99.8 cm³/mol. The second-order valence-electron chi connectivity index (χ2n) is 5.16. The smallest absolute Gasteiger partial charge is 0.259 e. The molecule has 0 aliphatic heterocycles. The van der Waals surface area contributed by atoms with Crippen LogP contribution in [-0.4, -0.2) is 32.4 Å². The molecule has 0 aromatic heterocycles. The highest BCUT2D eigenvalue weighted by molar-refractivity contribution is 6.30. The highest BCUT2D eigenvalue weighted by Gasteiger charge is 2.07. The number of methoxy groups -OCH3 is 2. The molecule has 2 rings (SSSR count). The molecule has 0 aliphatic rings. The third-order valence-corrected chi connectivity index (χ3v) is 3.70. The van der Waals surface area contributed by atoms with Crippen LogP contribution in [0.3, 0.4) is 0 Å². The summed E-state index contributed by atoms with van der Waals surface area (Å²) in [6.07, 6.45) is 0. The molecule has 0 bridgehead atoms. The van der Waals surface area contributed by atoms with Crippen LogP contribution in [0.15, 0.2) is 47.6 Å². The monoisotopic (exact) mass is 361 g/mol. The predicted octanol–water partition coefficient (Wildman–Crippen LogP) is 3.31. The number of hydrogen-bond donors (Lipinski definition) is 2. The Morgan fingerprint density at radius 1 is 1.08 bits per heavy atom. The number of anilines is 1. The Kier molecular flexibility index (Phi) is 6.65. The molecule has 0 unspecified atom stereocenters. The van der Waals surface area contributed by atoms with E-state index in [9.17, 15) is 4.79 Å². The Balaban J connectivity index is 1.93. The SMILES string of the molecule is COc1ccc(/C(C)=N\NC(=O)CNc2ccc(Cl)cc2)cc1OC. The van der Waals surface area contributed by atoms with Crippen LogP contribution in [0.1, 0.15) is 12.5 Å². The van der Waals surface area contributed by atoms with E-state index in [4.69, 9.17) is 21.1 Å². The molecule has 2 aromatic carbocycles. The first-order valence-electron chi connectivity index (χ1n) is 7.58. The molecule has 0 fully saturated rings. The average molecular weight is 362 g/mol. The molecule has 6 nitrogen and oxygen atoms in total. The maximum absolute atomic E-state index is 11.9. The van der Waals surface area contributed by atoms with Gasteiger partial charge in [-0.15, -0.1) is 0 Å². The Morgan fingerprint density at radius 3 is 2.40 bits per heavy atom. The number of rotatable bonds is 7. The lowest BCUT2D eigenvalue weighted by atomic mass is 10.1. The topological polar surface area (TPSA) is 72.0 Å². The van der Waals surface area contributed by atoms with Gasteiger partial charge in [0.1, 0.15) is 0 Å². The van der Waals surface area contributed by atoms with Crippen LogP contribution in [0, 0.1) is 0 Å². The molecular weight excluding hydrogens is 342 g/mol. The number of nitrogens with one attached hydrogen (secondary N) is 2. The van der Waals surface area contributed by atoms with Crippen LogP contribution >= 0.6 is 11.6 Å². The first-order valence-corrected chi connectivity index (χ1v) is 7.96. The van der Waals surface area contributed by atoms with Gasteiger partial charge in [-0.3, -0.25) is 4.79 Å². The number of hydrazone groups is 1. The number of hydrogen-bond acceptors (Lipinski definition) is 5. The summed E-state index contributed by atoms with van der Waals surface area (Å²) in [5.74, 6) is 0.982. The summed E-state index contributed by atoms with van der Waals surface area (Å²) in [4.78, 5) is 11.9. The van der Waals surface area contributed by atoms with Crippen molar-refractivity contribution in [1.82, 2.24) is 5.43 Å². The summed E-state index contributed by atoms with van der Waals surface area (Å²) in [5.41, 5.74) is 4.80. The Labute approximate surface area is 151 Å². The average Bonchev–Trinajstić information content (AvgIpc) is 2.64. The third kappa shape index (κ3) is 5.39. The zero-order valence-corrected chi connectivity index (χ0v) is 15.1. The van der Waals surface area contributed by atoms with Gasteiger partial charge in [0.25, 0.3) is 5.91 Å². The number of nitrogens with zero attached hydrogens (tertiary/aromatic N) is 1. The minimum absolute atomic E-state index is 0.102. The number of benzene rings is 2. The van der Waals surface area contributed by atoms with E-state index >= 15 is 0 Å². The van der Waals surface area contributed by atoms with Gasteiger partial charge in [-0.2, -0.15) is 5.10 Å². The van der Waals surface area contributed by atoms with Gasteiger partial charge in [0, 0.05) is 16.3 Å². The van der Waals surface area contributed by atoms with Crippen molar-refractivity contribution in [3.8, 4) is 11.5 Å². The van der Waals surface area contributed by atoms with E-state index in [1.165, 1.54) is 0 Å². The van der Waals surface area contributed by atoms with Crippen LogP contribution in [-0.2, 0) is 4.79 Å². The van der Waals surface area contributed by atoms with Crippen molar-refractivity contribution in [3.63, 3.8) is 0 Å². The van der Waals surface area contributed by atoms with Gasteiger partial charge in [0.15, 0.2) is 11.5 Å². The molecule has 132 valence electrons. The molecule has 2 N–H and O–H groups in total. The van der Waals surface area contributed by atoms with Gasteiger partial charge in [-0.25, -0.2) is 5.43 Å². The summed E-state index contributed by atoms with van der Waals surface area (Å²) >= 11 is 5.82. The molecule has 1 amide bonds. The Morgan fingerprint density at radius 2 is 1.76 bits per heavy atom. The first-order chi connectivity index (χ1) is 12.0. The summed E-state index contributed by atoms with van der Waals surface area (Å²) < 4.78 is 10.5. The lowest BCUT2D eigenvalue weighted by Gasteiger charge is -2.10. The molecule has 0 spiro atoms. The number of ether oxygens (including phenoxy) is 2. The quantitative estimate of drug-likeness (QED) is 0.586. The number of halogens is 1. The molecule has 0 heterocycles. The van der Waals surface area contributed by atoms with Crippen molar-refractivity contribution in [3.05, 3.63) is 53.1 Å². The van der Waals surface area contributed by atoms with Crippen LogP contribution < -0.4 is 20.2 Å². The van der Waals surface area contributed by atoms with Crippen molar-refractivity contribution in [2.45, 2.75) is 6.92 Å². The molecule has 0 saturated heterocycles. The second-order valence-corrected chi connectivity index (χ2v) is 5.60. The van der Waals surface area contributed by atoms with Crippen molar-refractivity contribution in [2.75, 3.05) is 26.1 Å². The standard InChI is InChI=1S/C18H20ClN3O3/c1-12(13-4-9-16(24-2)17(10-13)25-3)21-22-18(23)11-20-15-7-5-14(19)6-8-15/h4-10,20H,11H2,1-3H3,(H,22,23)/b21-12-. The lowest BCUT2D eigenvalue weighted by molar-refractivity contribution is -0.119. The fourth-order valence-electron chi connectivity index (χ4n) is 2.06. The number of carbonyl (C=O) groups is 1. The highest BCUT2D eigenvalue weighted by Crippen LogP contribution is 2.27. The van der Waals surface area contributed by atoms with E-state index in [-0.39, 0.29) is 12.5 Å². The number of carbonyl (C=O) groups excluding carboxylic acids is 1. The first kappa shape index (κ1) is 18.6. The van der Waals surface area contributed by atoms with Gasteiger partial charge in [-0.1, -0.05) is 11.6 Å². The van der Waals surface area contributed by atoms with Gasteiger partial charge in [0.05, 0.1) is 26.5 Å². The Bertz CT molecular complexity index is 761. The zero-order chi connectivity index (χ0) is 18.2. The highest BCUT2D eigenvalue weighted by atomic mass is 35.5. The molecule has 0 atom stereocenters. The molecule has 0 saturated carbocycles. The van der Waals surface area contributed by atoms with Crippen molar-refractivity contribution >= 4 is 28.9 Å². The van der Waals surface area contributed by atoms with Crippen LogP contribution in [0.2, 0.25) is 5.02 Å². The summed E-state index contributed by atoms with van der Waals surface area (Å²) in [7, 11) is 3.14. The molecule has 0 aliphatic carbocycles. The van der Waals surface area contributed by atoms with Crippen LogP contribution in [0.25, 0.3) is 0 Å². The summed E-state index contributed by atoms with van der Waals surface area (Å²) in [6, 6.07) is 12.5. The second kappa shape index (κ2) is 8.94. The number of amides is 1. The Hall–Kier alpha value is -2.73. The maximum Gasteiger partial charge on any atom is 0.259 e. The molecule has 7 heteroatoms. The lowest BCUT2D eigenvalue weighted by Crippen LogP contribution is -2.26. The molecule has 25 heavy (non-hydrogen) atoms. The van der Waals surface area contributed by atoms with E-state index in [2.05, 4.69) is 15.8 Å². The fourth-order valence-corrected chi connectivity index (χ4v) is 2.19. The zero-order valence-electron chi connectivity index (χ0n) is 14.3. The summed E-state index contributed by atoms with van der Waals surface area (Å²) in [5, 5.41) is 7.75. The van der Waals surface area contributed by atoms with E-state index in [0.717, 1.165) is 11.3 Å². The largest absolute Gasteiger partial charge is 0.493 e. The van der Waals surface area contributed by atoms with Gasteiger partial charge in [-0.05, 0) is 49.4 Å². The minimum atomic E-state index is -0.255. The van der Waals surface area contributed by atoms with Gasteiger partial charge < -0.3 is 14.8 Å². The maximum atomic E-state index is 11.9. The van der Waals surface area contributed by atoms with Gasteiger partial charge >= 0.3 is 0 Å². The fraction of sp³-hybridized carbons (Fsp3) is 0.222. The van der Waals surface area contributed by atoms with Crippen molar-refractivity contribution in [1.29, 1.82) is 0 Å². The van der Waals surface area contributed by atoms with Crippen LogP contribution in [0.4, 0.5) is 5.69 Å². The minimum Gasteiger partial charge on any atom is -0.493 e. The summed E-state index contributed by atoms with van der Waals surface area (Å²) in [6.45, 7) is 1.90.